The van der Waals surface area contributed by atoms with Crippen molar-refractivity contribution in [2.75, 3.05) is 4.90 Å². The maximum Gasteiger partial charge on any atom is 0.0541 e. The number of rotatable bonds is 8. The van der Waals surface area contributed by atoms with Gasteiger partial charge in [0.15, 0.2) is 0 Å². The Labute approximate surface area is 311 Å². The monoisotopic (exact) mass is 680 g/mol. The van der Waals surface area contributed by atoms with E-state index in [0.717, 1.165) is 33.8 Å². The summed E-state index contributed by atoms with van der Waals surface area (Å²) in [6.07, 6.45) is 5.72. The van der Waals surface area contributed by atoms with E-state index in [1.807, 2.05) is 12.2 Å². The highest BCUT2D eigenvalue weighted by Crippen LogP contribution is 2.50. The summed E-state index contributed by atoms with van der Waals surface area (Å²) in [7, 11) is 0. The number of fused-ring (bicyclic) bond motifs is 6. The van der Waals surface area contributed by atoms with Gasteiger partial charge in [-0.25, -0.2) is 0 Å². The Balaban J connectivity index is 1.13. The molecule has 254 valence electrons. The fourth-order valence-electron chi connectivity index (χ4n) is 8.23. The second-order valence-corrected chi connectivity index (χ2v) is 14.4. The lowest BCUT2D eigenvalue weighted by molar-refractivity contribution is 0.660. The minimum Gasteiger partial charge on any atom is -0.310 e. The molecule has 1 aliphatic carbocycles. The average molecular weight is 681 g/mol. The molecule has 0 fully saturated rings. The number of hydrogen-bond donors (Lipinski definition) is 0. The molecule has 0 atom stereocenters. The summed E-state index contributed by atoms with van der Waals surface area (Å²) in [5.41, 5.74) is 16.6. The summed E-state index contributed by atoms with van der Waals surface area (Å²) in [4.78, 5) is 2.39. The van der Waals surface area contributed by atoms with Gasteiger partial charge >= 0.3 is 0 Å². The second kappa shape index (κ2) is 12.8. The predicted molar refractivity (Wildman–Crippen MR) is 227 cm³/mol. The van der Waals surface area contributed by atoms with Crippen LogP contribution in [0.15, 0.2) is 195 Å². The van der Waals surface area contributed by atoms with Crippen molar-refractivity contribution in [1.29, 1.82) is 0 Å². The Bertz CT molecular complexity index is 2710. The van der Waals surface area contributed by atoms with E-state index in [-0.39, 0.29) is 5.41 Å². The zero-order valence-electron chi connectivity index (χ0n) is 30.1. The number of benzene rings is 7. The predicted octanol–water partition coefficient (Wildman–Crippen LogP) is 14.1. The van der Waals surface area contributed by atoms with Crippen molar-refractivity contribution in [3.05, 3.63) is 206 Å². The fraction of sp³-hybridized carbons (Fsp3) is 0.0588. The third-order valence-corrected chi connectivity index (χ3v) is 10.9. The third kappa shape index (κ3) is 5.43. The highest BCUT2D eigenvalue weighted by atomic mass is 15.1. The molecule has 0 amide bonds. The van der Waals surface area contributed by atoms with Crippen LogP contribution in [0.1, 0.15) is 25.0 Å². The van der Waals surface area contributed by atoms with E-state index in [0.29, 0.717) is 0 Å². The molecular formula is C51H40N2. The first-order valence-corrected chi connectivity index (χ1v) is 18.2. The topological polar surface area (TPSA) is 8.17 Å². The van der Waals surface area contributed by atoms with Gasteiger partial charge in [-0.1, -0.05) is 148 Å². The smallest absolute Gasteiger partial charge is 0.0541 e. The average Bonchev–Trinajstić information content (AvgIpc) is 3.66. The Kier molecular flexibility index (Phi) is 7.82. The lowest BCUT2D eigenvalue weighted by Crippen LogP contribution is -2.16. The van der Waals surface area contributed by atoms with Crippen LogP contribution in [-0.4, -0.2) is 4.57 Å². The molecule has 0 saturated heterocycles. The van der Waals surface area contributed by atoms with E-state index in [9.17, 15) is 0 Å². The van der Waals surface area contributed by atoms with Gasteiger partial charge in [-0.3, -0.25) is 0 Å². The number of nitrogens with zero attached hydrogens (tertiary/aromatic N) is 2. The Morgan fingerprint density at radius 3 is 1.83 bits per heavy atom. The van der Waals surface area contributed by atoms with Crippen LogP contribution in [0.2, 0.25) is 0 Å². The minimum atomic E-state index is -0.0926. The minimum absolute atomic E-state index is 0.0926. The SMILES string of the molecule is C=C/C=C\C(=C)n1c2ccccc2c2cc(-c3ccc(N(c4ccc(-c5ccccc5)cc4)c4ccc5c(c4)C(C)(C)c4ccccc4-5)cc3)ccc21. The summed E-state index contributed by atoms with van der Waals surface area (Å²) >= 11 is 0. The standard InChI is InChI=1S/C51H40N2/c1-5-6-14-35(2)52-49-20-13-11-18-45(49)46-33-39(25-32-50(46)52)38-23-28-41(29-24-38)53(40-26-21-37(22-27-40)36-15-8-7-9-16-36)42-30-31-44-43-17-10-12-19-47(43)51(3,4)48(44)34-42/h5-34H,1-2H2,3-4H3/b14-6-. The fourth-order valence-corrected chi connectivity index (χ4v) is 8.23. The lowest BCUT2D eigenvalue weighted by atomic mass is 9.82. The molecular weight excluding hydrogens is 641 g/mol. The molecule has 0 bridgehead atoms. The van der Waals surface area contributed by atoms with Gasteiger partial charge in [0.1, 0.15) is 0 Å². The first-order valence-electron chi connectivity index (χ1n) is 18.2. The first kappa shape index (κ1) is 32.3. The van der Waals surface area contributed by atoms with E-state index in [2.05, 4.69) is 200 Å². The quantitative estimate of drug-likeness (QED) is 0.145. The highest BCUT2D eigenvalue weighted by Gasteiger charge is 2.35. The number of hydrogen-bond acceptors (Lipinski definition) is 1. The van der Waals surface area contributed by atoms with E-state index >= 15 is 0 Å². The molecule has 0 saturated carbocycles. The van der Waals surface area contributed by atoms with Crippen LogP contribution < -0.4 is 4.90 Å². The van der Waals surface area contributed by atoms with Gasteiger partial charge in [0.2, 0.25) is 0 Å². The number of allylic oxidation sites excluding steroid dienone is 4. The van der Waals surface area contributed by atoms with Crippen LogP contribution in [0.25, 0.3) is 60.9 Å². The van der Waals surface area contributed by atoms with Gasteiger partial charge in [-0.15, -0.1) is 0 Å². The van der Waals surface area contributed by atoms with Crippen molar-refractivity contribution in [2.45, 2.75) is 19.3 Å². The van der Waals surface area contributed by atoms with Gasteiger partial charge in [-0.2, -0.15) is 0 Å². The molecule has 2 nitrogen and oxygen atoms in total. The van der Waals surface area contributed by atoms with Gasteiger partial charge in [0.25, 0.3) is 0 Å². The summed E-state index contributed by atoms with van der Waals surface area (Å²) in [6.45, 7) is 12.9. The van der Waals surface area contributed by atoms with Crippen LogP contribution >= 0.6 is 0 Å². The van der Waals surface area contributed by atoms with Crippen LogP contribution in [0.3, 0.4) is 0 Å². The maximum atomic E-state index is 4.37. The normalized spacial score (nSPS) is 12.9. The Hall–Kier alpha value is -6.64. The molecule has 0 N–H and O–H groups in total. The van der Waals surface area contributed by atoms with E-state index in [4.69, 9.17) is 0 Å². The van der Waals surface area contributed by atoms with Crippen LogP contribution in [0.4, 0.5) is 17.1 Å². The molecule has 9 rings (SSSR count). The molecule has 0 spiro atoms. The van der Waals surface area contributed by atoms with Crippen molar-refractivity contribution in [3.63, 3.8) is 0 Å². The molecule has 1 aromatic heterocycles. The van der Waals surface area contributed by atoms with Gasteiger partial charge in [0, 0.05) is 38.9 Å². The first-order chi connectivity index (χ1) is 25.9. The zero-order valence-corrected chi connectivity index (χ0v) is 30.1. The number of anilines is 3. The van der Waals surface area contributed by atoms with Crippen molar-refractivity contribution >= 4 is 44.6 Å². The van der Waals surface area contributed by atoms with Gasteiger partial charge < -0.3 is 9.47 Å². The summed E-state index contributed by atoms with van der Waals surface area (Å²) < 4.78 is 2.23. The van der Waals surface area contributed by atoms with Crippen LogP contribution in [0, 0.1) is 0 Å². The zero-order chi connectivity index (χ0) is 36.1. The summed E-state index contributed by atoms with van der Waals surface area (Å²) in [5, 5.41) is 2.41. The van der Waals surface area contributed by atoms with E-state index in [1.165, 1.54) is 55.3 Å². The van der Waals surface area contributed by atoms with E-state index < -0.39 is 0 Å². The molecule has 0 radical (unpaired) electrons. The molecule has 1 aliphatic rings. The van der Waals surface area contributed by atoms with Crippen molar-refractivity contribution in [3.8, 4) is 33.4 Å². The second-order valence-electron chi connectivity index (χ2n) is 14.4. The number of para-hydroxylation sites is 1. The van der Waals surface area contributed by atoms with E-state index in [1.54, 1.807) is 6.08 Å². The summed E-state index contributed by atoms with van der Waals surface area (Å²) in [5.74, 6) is 0. The van der Waals surface area contributed by atoms with Crippen molar-refractivity contribution in [1.82, 2.24) is 4.57 Å². The molecule has 53 heavy (non-hydrogen) atoms. The highest BCUT2D eigenvalue weighted by molar-refractivity contribution is 6.11. The third-order valence-electron chi connectivity index (χ3n) is 10.9. The van der Waals surface area contributed by atoms with Crippen LogP contribution in [-0.2, 0) is 5.41 Å². The van der Waals surface area contributed by atoms with Crippen LogP contribution in [0.5, 0.6) is 0 Å². The maximum absolute atomic E-state index is 4.37. The molecule has 7 aromatic carbocycles. The Morgan fingerprint density at radius 1 is 0.528 bits per heavy atom. The van der Waals surface area contributed by atoms with Crippen molar-refractivity contribution < 1.29 is 0 Å². The lowest BCUT2D eigenvalue weighted by Gasteiger charge is -2.28. The Morgan fingerprint density at radius 2 is 1.09 bits per heavy atom. The van der Waals surface area contributed by atoms with Crippen molar-refractivity contribution in [2.24, 2.45) is 0 Å². The molecule has 1 heterocycles. The molecule has 0 aliphatic heterocycles. The van der Waals surface area contributed by atoms with Gasteiger partial charge in [-0.05, 0) is 105 Å². The molecule has 2 heteroatoms. The summed E-state index contributed by atoms with van der Waals surface area (Å²) in [6, 6.07) is 59.7. The van der Waals surface area contributed by atoms with Gasteiger partial charge in [0.05, 0.1) is 11.0 Å². The largest absolute Gasteiger partial charge is 0.310 e. The molecule has 8 aromatic rings. The number of aromatic nitrogens is 1. The molecule has 0 unspecified atom stereocenters.